The molecule has 1 aromatic heterocycles. The molecule has 0 saturated heterocycles. The van der Waals surface area contributed by atoms with Crippen molar-refractivity contribution in [1.29, 1.82) is 0 Å². The van der Waals surface area contributed by atoms with E-state index < -0.39 is 21.8 Å². The molecule has 0 atom stereocenters. The van der Waals surface area contributed by atoms with Gasteiger partial charge >= 0.3 is 6.18 Å². The van der Waals surface area contributed by atoms with E-state index in [9.17, 15) is 21.6 Å². The van der Waals surface area contributed by atoms with Crippen molar-refractivity contribution >= 4 is 10.0 Å². The molecule has 2 N–H and O–H groups in total. The first-order valence-electron chi connectivity index (χ1n) is 7.62. The van der Waals surface area contributed by atoms with Gasteiger partial charge < -0.3 is 4.52 Å². The largest absolute Gasteiger partial charge is 0.416 e. The number of halogens is 3. The van der Waals surface area contributed by atoms with Crippen LogP contribution in [0, 0.1) is 13.8 Å². The van der Waals surface area contributed by atoms with Crippen molar-refractivity contribution in [1.82, 2.24) is 10.1 Å². The lowest BCUT2D eigenvalue weighted by atomic mass is 10.0. The summed E-state index contributed by atoms with van der Waals surface area (Å²) in [7, 11) is -3.95. The SMILES string of the molecule is Cc1cc(S(N)(=O)=O)cc(-c2nc(-c3cccc(C(F)(F)F)c3)no2)c1C. The van der Waals surface area contributed by atoms with Gasteiger partial charge in [0.1, 0.15) is 0 Å². The number of benzene rings is 2. The zero-order valence-electron chi connectivity index (χ0n) is 14.2. The van der Waals surface area contributed by atoms with Crippen LogP contribution in [0.5, 0.6) is 0 Å². The van der Waals surface area contributed by atoms with Crippen LogP contribution >= 0.6 is 0 Å². The van der Waals surface area contributed by atoms with Gasteiger partial charge in [-0.25, -0.2) is 13.6 Å². The summed E-state index contributed by atoms with van der Waals surface area (Å²) in [5.74, 6) is -0.0670. The van der Waals surface area contributed by atoms with Gasteiger partial charge in [-0.3, -0.25) is 0 Å². The highest BCUT2D eigenvalue weighted by Crippen LogP contribution is 2.33. The first kappa shape index (κ1) is 19.1. The molecule has 0 spiro atoms. The summed E-state index contributed by atoms with van der Waals surface area (Å²) in [5.41, 5.74) is 0.938. The minimum absolute atomic E-state index is 0.0199. The third kappa shape index (κ3) is 3.86. The van der Waals surface area contributed by atoms with Gasteiger partial charge in [-0.05, 0) is 49.2 Å². The van der Waals surface area contributed by atoms with Gasteiger partial charge in [-0.2, -0.15) is 18.2 Å². The van der Waals surface area contributed by atoms with Gasteiger partial charge in [0.2, 0.25) is 15.8 Å². The summed E-state index contributed by atoms with van der Waals surface area (Å²) < 4.78 is 67.1. The van der Waals surface area contributed by atoms with Crippen LogP contribution < -0.4 is 5.14 Å². The van der Waals surface area contributed by atoms with E-state index in [2.05, 4.69) is 10.1 Å². The number of hydrogen-bond donors (Lipinski definition) is 1. The van der Waals surface area contributed by atoms with Crippen LogP contribution in [0.1, 0.15) is 16.7 Å². The number of aromatic nitrogens is 2. The van der Waals surface area contributed by atoms with Crippen molar-refractivity contribution in [2.45, 2.75) is 24.9 Å². The summed E-state index contributed by atoms with van der Waals surface area (Å²) in [6, 6.07) is 7.22. The third-order valence-electron chi connectivity index (χ3n) is 4.07. The Bertz CT molecular complexity index is 1120. The maximum absolute atomic E-state index is 12.9. The fraction of sp³-hybridized carbons (Fsp3) is 0.176. The number of rotatable bonds is 3. The van der Waals surface area contributed by atoms with E-state index in [1.807, 2.05) is 0 Å². The van der Waals surface area contributed by atoms with Gasteiger partial charge in [0, 0.05) is 11.1 Å². The standard InChI is InChI=1S/C17H14F3N3O3S/c1-9-6-13(27(21,24)25)8-14(10(9)2)16-22-15(23-26-16)11-4-3-5-12(7-11)17(18,19)20/h3-8H,1-2H3,(H2,21,24,25). The summed E-state index contributed by atoms with van der Waals surface area (Å²) in [6.45, 7) is 3.42. The average Bonchev–Trinajstić information content (AvgIpc) is 3.05. The van der Waals surface area contributed by atoms with Gasteiger partial charge in [0.05, 0.1) is 10.5 Å². The maximum atomic E-state index is 12.9. The normalized spacial score (nSPS) is 12.4. The number of sulfonamides is 1. The highest BCUT2D eigenvalue weighted by molar-refractivity contribution is 7.89. The number of primary sulfonamides is 1. The predicted octanol–water partition coefficient (Wildman–Crippen LogP) is 3.69. The topological polar surface area (TPSA) is 99.1 Å². The second-order valence-corrected chi connectivity index (χ2v) is 7.52. The van der Waals surface area contributed by atoms with Crippen LogP contribution in [0.25, 0.3) is 22.8 Å². The molecule has 0 fully saturated rings. The van der Waals surface area contributed by atoms with Crippen molar-refractivity contribution < 1.29 is 26.1 Å². The Morgan fingerprint density at radius 3 is 2.44 bits per heavy atom. The Kier molecular flexibility index (Phi) is 4.56. The summed E-state index contributed by atoms with van der Waals surface area (Å²) >= 11 is 0. The number of hydrogen-bond acceptors (Lipinski definition) is 5. The zero-order valence-corrected chi connectivity index (χ0v) is 15.0. The van der Waals surface area contributed by atoms with Gasteiger partial charge in [-0.15, -0.1) is 0 Å². The Morgan fingerprint density at radius 1 is 1.11 bits per heavy atom. The van der Waals surface area contributed by atoms with Gasteiger partial charge in [0.15, 0.2) is 0 Å². The summed E-state index contributed by atoms with van der Waals surface area (Å²) in [5, 5.41) is 8.89. The molecule has 0 unspecified atom stereocenters. The summed E-state index contributed by atoms with van der Waals surface area (Å²) in [4.78, 5) is 3.99. The fourth-order valence-electron chi connectivity index (χ4n) is 2.50. The molecule has 0 bridgehead atoms. The van der Waals surface area contributed by atoms with E-state index in [1.54, 1.807) is 13.8 Å². The monoisotopic (exact) mass is 397 g/mol. The number of nitrogens with two attached hydrogens (primary N) is 1. The van der Waals surface area contributed by atoms with Crippen molar-refractivity contribution in [2.75, 3.05) is 0 Å². The molecule has 3 aromatic rings. The quantitative estimate of drug-likeness (QED) is 0.727. The van der Waals surface area contributed by atoms with Crippen LogP contribution in [0.15, 0.2) is 45.8 Å². The van der Waals surface area contributed by atoms with E-state index in [1.165, 1.54) is 24.3 Å². The lowest BCUT2D eigenvalue weighted by Gasteiger charge is -2.08. The van der Waals surface area contributed by atoms with E-state index in [-0.39, 0.29) is 22.2 Å². The van der Waals surface area contributed by atoms with Crippen LogP contribution in [0.2, 0.25) is 0 Å². The Balaban J connectivity index is 2.09. The van der Waals surface area contributed by atoms with Crippen LogP contribution in [0.3, 0.4) is 0 Å². The molecule has 0 radical (unpaired) electrons. The molecule has 27 heavy (non-hydrogen) atoms. The predicted molar refractivity (Wildman–Crippen MR) is 91.0 cm³/mol. The number of alkyl halides is 3. The van der Waals surface area contributed by atoms with Gasteiger partial charge in [-0.1, -0.05) is 17.3 Å². The molecule has 0 amide bonds. The lowest BCUT2D eigenvalue weighted by Crippen LogP contribution is -2.12. The van der Waals surface area contributed by atoms with Crippen LogP contribution in [-0.4, -0.2) is 18.6 Å². The second-order valence-electron chi connectivity index (χ2n) is 5.96. The zero-order chi connectivity index (χ0) is 20.0. The van der Waals surface area contributed by atoms with Crippen LogP contribution in [0.4, 0.5) is 13.2 Å². The van der Waals surface area contributed by atoms with Crippen molar-refractivity contribution in [3.63, 3.8) is 0 Å². The Morgan fingerprint density at radius 2 is 1.81 bits per heavy atom. The minimum Gasteiger partial charge on any atom is -0.334 e. The highest BCUT2D eigenvalue weighted by Gasteiger charge is 2.31. The molecule has 0 aliphatic heterocycles. The highest BCUT2D eigenvalue weighted by atomic mass is 32.2. The lowest BCUT2D eigenvalue weighted by molar-refractivity contribution is -0.137. The molecular formula is C17H14F3N3O3S. The van der Waals surface area contributed by atoms with E-state index in [4.69, 9.17) is 9.66 Å². The second kappa shape index (κ2) is 6.46. The van der Waals surface area contributed by atoms with Crippen molar-refractivity contribution in [3.8, 4) is 22.8 Å². The van der Waals surface area contributed by atoms with E-state index >= 15 is 0 Å². The first-order valence-corrected chi connectivity index (χ1v) is 9.17. The third-order valence-corrected chi connectivity index (χ3v) is 4.97. The van der Waals surface area contributed by atoms with Crippen LogP contribution in [-0.2, 0) is 16.2 Å². The average molecular weight is 397 g/mol. The minimum atomic E-state index is -4.50. The van der Waals surface area contributed by atoms with Crippen molar-refractivity contribution in [3.05, 3.63) is 53.1 Å². The molecule has 0 aliphatic rings. The fourth-order valence-corrected chi connectivity index (χ4v) is 3.12. The summed E-state index contributed by atoms with van der Waals surface area (Å²) in [6.07, 6.45) is -4.50. The maximum Gasteiger partial charge on any atom is 0.416 e. The van der Waals surface area contributed by atoms with Crippen molar-refractivity contribution in [2.24, 2.45) is 5.14 Å². The first-order chi connectivity index (χ1) is 12.5. The molecule has 142 valence electrons. The number of aryl methyl sites for hydroxylation is 1. The molecule has 3 rings (SSSR count). The molecule has 10 heteroatoms. The molecule has 0 saturated carbocycles. The Hall–Kier alpha value is -2.72. The molecular weight excluding hydrogens is 383 g/mol. The number of nitrogens with zero attached hydrogens (tertiary/aromatic N) is 2. The van der Waals surface area contributed by atoms with E-state index in [0.717, 1.165) is 12.1 Å². The smallest absolute Gasteiger partial charge is 0.334 e. The Labute approximate surface area is 152 Å². The molecule has 6 nitrogen and oxygen atoms in total. The van der Waals surface area contributed by atoms with E-state index in [0.29, 0.717) is 16.7 Å². The molecule has 0 aliphatic carbocycles. The molecule has 2 aromatic carbocycles. The molecule has 1 heterocycles. The van der Waals surface area contributed by atoms with Gasteiger partial charge in [0.25, 0.3) is 5.89 Å².